The van der Waals surface area contributed by atoms with Crippen molar-refractivity contribution in [3.05, 3.63) is 47.5 Å². The topological polar surface area (TPSA) is 0 Å². The molecular formula is C18H20Se. The molecule has 0 bridgehead atoms. The summed E-state index contributed by atoms with van der Waals surface area (Å²) < 4.78 is 19.7. The molecule has 3 aromatic rings. The number of aryl methyl sites for hydroxylation is 1. The van der Waals surface area contributed by atoms with Crippen LogP contribution in [0.2, 0.25) is 0 Å². The molecule has 1 aromatic heterocycles. The van der Waals surface area contributed by atoms with E-state index in [1.54, 1.807) is 0 Å². The van der Waals surface area contributed by atoms with E-state index in [0.717, 1.165) is 5.56 Å². The van der Waals surface area contributed by atoms with E-state index in [0.29, 0.717) is 14.5 Å². The molecule has 19 heavy (non-hydrogen) atoms. The van der Waals surface area contributed by atoms with Crippen molar-refractivity contribution >= 4 is 33.8 Å². The van der Waals surface area contributed by atoms with Crippen molar-refractivity contribution < 1.29 is 2.74 Å². The molecule has 0 N–H and O–H groups in total. The molecule has 2 aromatic carbocycles. The number of rotatable bonds is 1. The normalized spacial score (nSPS) is 14.7. The molecule has 3 rings (SSSR count). The molecule has 0 saturated carbocycles. The Kier molecular flexibility index (Phi) is 2.54. The standard InChI is InChI=1S/C18H20Se/c1-12-5-7-14-15-10-13(11-18(2,3)4)6-8-16(15)19-17(14)9-12/h5-10H,11H2,1-4H3/i11D2. The molecule has 0 amide bonds. The van der Waals surface area contributed by atoms with Crippen LogP contribution in [0.5, 0.6) is 0 Å². The second-order valence-electron chi connectivity index (χ2n) is 6.19. The quantitative estimate of drug-likeness (QED) is 0.557. The SMILES string of the molecule is [2H]C([2H])(c1ccc2[se]c3cc(C)ccc3c2c1)C(C)(C)C. The summed E-state index contributed by atoms with van der Waals surface area (Å²) in [5, 5.41) is 2.53. The molecule has 0 atom stereocenters. The van der Waals surface area contributed by atoms with Crippen LogP contribution >= 0.6 is 0 Å². The van der Waals surface area contributed by atoms with Crippen LogP contribution in [0.1, 0.15) is 34.6 Å². The fourth-order valence-electron chi connectivity index (χ4n) is 2.40. The molecule has 0 spiro atoms. The zero-order valence-electron chi connectivity index (χ0n) is 13.9. The predicted octanol–water partition coefficient (Wildman–Crippen LogP) is 4.95. The Balaban J connectivity index is 2.27. The van der Waals surface area contributed by atoms with Gasteiger partial charge in [0.15, 0.2) is 0 Å². The number of hydrogen-bond acceptors (Lipinski definition) is 0. The molecule has 0 radical (unpaired) electrons. The van der Waals surface area contributed by atoms with E-state index in [2.05, 4.69) is 37.3 Å². The summed E-state index contributed by atoms with van der Waals surface area (Å²) in [4.78, 5) is 0. The maximum atomic E-state index is 8.47. The van der Waals surface area contributed by atoms with Crippen LogP contribution in [0, 0.1) is 12.3 Å². The van der Waals surface area contributed by atoms with Gasteiger partial charge in [-0.3, -0.25) is 0 Å². The Morgan fingerprint density at radius 2 is 1.79 bits per heavy atom. The van der Waals surface area contributed by atoms with Crippen LogP contribution in [0.25, 0.3) is 19.3 Å². The van der Waals surface area contributed by atoms with Gasteiger partial charge in [-0.25, -0.2) is 0 Å². The predicted molar refractivity (Wildman–Crippen MR) is 86.3 cm³/mol. The Bertz CT molecular complexity index is 822. The zero-order chi connectivity index (χ0) is 15.4. The van der Waals surface area contributed by atoms with Gasteiger partial charge in [0.25, 0.3) is 0 Å². The summed E-state index contributed by atoms with van der Waals surface area (Å²) >= 11 is 0.351. The Morgan fingerprint density at radius 3 is 2.53 bits per heavy atom. The molecule has 0 unspecified atom stereocenters. The van der Waals surface area contributed by atoms with Crippen LogP contribution in [-0.2, 0) is 6.37 Å². The van der Waals surface area contributed by atoms with E-state index in [9.17, 15) is 0 Å². The molecular weight excluding hydrogens is 295 g/mol. The van der Waals surface area contributed by atoms with Gasteiger partial charge >= 0.3 is 124 Å². The minimum atomic E-state index is -1.33. The van der Waals surface area contributed by atoms with Crippen molar-refractivity contribution in [1.29, 1.82) is 0 Å². The van der Waals surface area contributed by atoms with Crippen LogP contribution in [0.3, 0.4) is 0 Å². The number of fused-ring (bicyclic) bond motifs is 3. The van der Waals surface area contributed by atoms with Crippen molar-refractivity contribution in [3.63, 3.8) is 0 Å². The molecule has 0 nitrogen and oxygen atoms in total. The fraction of sp³-hybridized carbons (Fsp3) is 0.333. The van der Waals surface area contributed by atoms with E-state index in [1.165, 1.54) is 24.9 Å². The van der Waals surface area contributed by atoms with Gasteiger partial charge in [0.05, 0.1) is 0 Å². The van der Waals surface area contributed by atoms with Crippen molar-refractivity contribution in [1.82, 2.24) is 0 Å². The van der Waals surface area contributed by atoms with Gasteiger partial charge < -0.3 is 0 Å². The number of hydrogen-bond donors (Lipinski definition) is 0. The van der Waals surface area contributed by atoms with Gasteiger partial charge in [0.1, 0.15) is 0 Å². The molecule has 0 aliphatic rings. The average molecular weight is 317 g/mol. The molecule has 0 aliphatic heterocycles. The van der Waals surface area contributed by atoms with E-state index in [4.69, 9.17) is 2.74 Å². The Morgan fingerprint density at radius 1 is 1.00 bits per heavy atom. The van der Waals surface area contributed by atoms with Crippen molar-refractivity contribution in [2.45, 2.75) is 34.1 Å². The Hall–Kier alpha value is -1.04. The van der Waals surface area contributed by atoms with E-state index < -0.39 is 11.8 Å². The summed E-state index contributed by atoms with van der Waals surface area (Å²) in [6.45, 7) is 8.01. The third-order valence-corrected chi connectivity index (χ3v) is 5.52. The van der Waals surface area contributed by atoms with Gasteiger partial charge in [-0.1, -0.05) is 0 Å². The Labute approximate surface area is 124 Å². The van der Waals surface area contributed by atoms with E-state index in [1.807, 2.05) is 26.8 Å². The third kappa shape index (κ3) is 2.63. The summed E-state index contributed by atoms with van der Waals surface area (Å²) in [6.07, 6.45) is -1.33. The molecule has 1 heterocycles. The van der Waals surface area contributed by atoms with Gasteiger partial charge in [-0.15, -0.1) is 0 Å². The van der Waals surface area contributed by atoms with E-state index in [-0.39, 0.29) is 0 Å². The fourth-order valence-corrected chi connectivity index (χ4v) is 4.88. The van der Waals surface area contributed by atoms with Crippen LogP contribution in [0.4, 0.5) is 0 Å². The second kappa shape index (κ2) is 4.51. The molecule has 1 heteroatoms. The first-order valence-electron chi connectivity index (χ1n) is 7.63. The van der Waals surface area contributed by atoms with Crippen molar-refractivity contribution in [2.24, 2.45) is 5.41 Å². The van der Waals surface area contributed by atoms with Gasteiger partial charge in [0.2, 0.25) is 0 Å². The summed E-state index contributed by atoms with van der Waals surface area (Å²) in [5.74, 6) is 0. The molecule has 98 valence electrons. The van der Waals surface area contributed by atoms with Crippen LogP contribution < -0.4 is 0 Å². The average Bonchev–Trinajstić information content (AvgIpc) is 2.73. The monoisotopic (exact) mass is 318 g/mol. The summed E-state index contributed by atoms with van der Waals surface area (Å²) in [7, 11) is 0. The first kappa shape index (κ1) is 10.7. The first-order valence-corrected chi connectivity index (χ1v) is 8.35. The molecule has 0 fully saturated rings. The second-order valence-corrected chi connectivity index (χ2v) is 8.46. The van der Waals surface area contributed by atoms with Crippen LogP contribution in [-0.4, -0.2) is 14.5 Å². The first-order chi connectivity index (χ1) is 9.70. The zero-order valence-corrected chi connectivity index (χ0v) is 13.6. The minimum absolute atomic E-state index is 0.351. The van der Waals surface area contributed by atoms with Gasteiger partial charge in [-0.2, -0.15) is 0 Å². The molecule has 0 aliphatic carbocycles. The summed E-state index contributed by atoms with van der Waals surface area (Å²) in [5.41, 5.74) is 1.67. The van der Waals surface area contributed by atoms with E-state index >= 15 is 0 Å². The molecule has 0 saturated heterocycles. The summed E-state index contributed by atoms with van der Waals surface area (Å²) in [6, 6.07) is 12.8. The van der Waals surface area contributed by atoms with Gasteiger partial charge in [-0.05, 0) is 0 Å². The van der Waals surface area contributed by atoms with Crippen molar-refractivity contribution in [2.75, 3.05) is 0 Å². The van der Waals surface area contributed by atoms with Gasteiger partial charge in [0, 0.05) is 0 Å². The maximum absolute atomic E-state index is 8.47. The number of benzene rings is 2. The third-order valence-electron chi connectivity index (χ3n) is 3.15. The van der Waals surface area contributed by atoms with Crippen LogP contribution in [0.15, 0.2) is 36.4 Å². The van der Waals surface area contributed by atoms with Crippen molar-refractivity contribution in [3.8, 4) is 0 Å².